The van der Waals surface area contributed by atoms with Gasteiger partial charge in [-0.2, -0.15) is 0 Å². The number of thiazole rings is 1. The lowest BCUT2D eigenvalue weighted by molar-refractivity contribution is -0.117. The van der Waals surface area contributed by atoms with E-state index in [-0.39, 0.29) is 17.6 Å². The molecule has 1 fully saturated rings. The second kappa shape index (κ2) is 10.8. The van der Waals surface area contributed by atoms with Crippen LogP contribution in [0.15, 0.2) is 66.9 Å². The number of H-pyrrole nitrogens is 1. The molecule has 0 atom stereocenters. The molecule has 198 valence electrons. The number of carbonyl (C=O) groups excluding carboxylic acids is 2. The minimum absolute atomic E-state index is 0.0738. The monoisotopic (exact) mass is 535 g/mol. The summed E-state index contributed by atoms with van der Waals surface area (Å²) in [6.45, 7) is 4.42. The molecule has 1 saturated carbocycles. The number of unbranched alkanes of at least 4 members (excludes halogenated alkanes) is 1. The zero-order valence-electron chi connectivity index (χ0n) is 22.4. The highest BCUT2D eigenvalue weighted by molar-refractivity contribution is 7.22. The van der Waals surface area contributed by atoms with Crippen LogP contribution in [0.4, 0.5) is 5.13 Å². The first-order valence-corrected chi connectivity index (χ1v) is 14.7. The van der Waals surface area contributed by atoms with Crippen LogP contribution in [0.2, 0.25) is 0 Å². The summed E-state index contributed by atoms with van der Waals surface area (Å²) in [5.41, 5.74) is 7.43. The molecule has 1 aliphatic rings. The highest BCUT2D eigenvalue weighted by atomic mass is 32.1. The topological polar surface area (TPSA) is 74.8 Å². The third kappa shape index (κ3) is 5.66. The van der Waals surface area contributed by atoms with Crippen molar-refractivity contribution in [2.75, 3.05) is 5.32 Å². The maximum absolute atomic E-state index is 13.2. The Kier molecular flexibility index (Phi) is 7.05. The van der Waals surface area contributed by atoms with E-state index in [0.29, 0.717) is 17.5 Å². The summed E-state index contributed by atoms with van der Waals surface area (Å²) in [6.07, 6.45) is 7.21. The van der Waals surface area contributed by atoms with Crippen molar-refractivity contribution in [3.05, 3.63) is 83.6 Å². The van der Waals surface area contributed by atoms with Gasteiger partial charge in [0.1, 0.15) is 0 Å². The van der Waals surface area contributed by atoms with Gasteiger partial charge in [-0.3, -0.25) is 9.59 Å². The lowest BCUT2D eigenvalue weighted by Crippen LogP contribution is -2.12. The van der Waals surface area contributed by atoms with Crippen molar-refractivity contribution in [2.45, 2.75) is 58.3 Å². The SMILES string of the molecule is CC(C)c1ccc(CCCCC(=O)c2c[nH]c3ccc(-c4ccc5nc(NC(=O)C6CC6)sc5c4)cc23)cc1. The van der Waals surface area contributed by atoms with E-state index in [1.807, 2.05) is 18.3 Å². The number of amides is 1. The van der Waals surface area contributed by atoms with Gasteiger partial charge in [0.2, 0.25) is 5.91 Å². The molecule has 5 nitrogen and oxygen atoms in total. The van der Waals surface area contributed by atoms with Crippen LogP contribution < -0.4 is 5.32 Å². The van der Waals surface area contributed by atoms with Crippen LogP contribution in [-0.2, 0) is 11.2 Å². The van der Waals surface area contributed by atoms with E-state index >= 15 is 0 Å². The molecule has 2 aromatic heterocycles. The third-order valence-corrected chi connectivity index (χ3v) is 8.58. The summed E-state index contributed by atoms with van der Waals surface area (Å²) in [5.74, 6) is 0.953. The molecule has 2 N–H and O–H groups in total. The van der Waals surface area contributed by atoms with Crippen LogP contribution in [-0.4, -0.2) is 21.7 Å². The summed E-state index contributed by atoms with van der Waals surface area (Å²) in [5, 5.41) is 4.57. The predicted molar refractivity (Wildman–Crippen MR) is 161 cm³/mol. The molecule has 0 spiro atoms. The number of benzene rings is 3. The Morgan fingerprint density at radius 2 is 1.77 bits per heavy atom. The predicted octanol–water partition coefficient (Wildman–Crippen LogP) is 8.51. The van der Waals surface area contributed by atoms with Crippen LogP contribution in [0.5, 0.6) is 0 Å². The third-order valence-electron chi connectivity index (χ3n) is 7.65. The van der Waals surface area contributed by atoms with Gasteiger partial charge in [0.05, 0.1) is 10.2 Å². The fraction of sp³-hybridized carbons (Fsp3) is 0.303. The maximum Gasteiger partial charge on any atom is 0.229 e. The normalized spacial score (nSPS) is 13.4. The summed E-state index contributed by atoms with van der Waals surface area (Å²) in [4.78, 5) is 33.1. The standard InChI is InChI=1S/C33H33N3O2S/c1-20(2)22-9-7-21(8-10-22)5-3-4-6-30(37)27-19-34-28-15-13-24(17-26(27)28)25-14-16-29-31(18-25)39-33(35-29)36-32(38)23-11-12-23/h7-10,13-20,23,34H,3-6,11-12H2,1-2H3,(H,35,36,38). The molecule has 0 saturated heterocycles. The van der Waals surface area contributed by atoms with Crippen LogP contribution in [0.3, 0.4) is 0 Å². The Labute approximate surface area is 232 Å². The van der Waals surface area contributed by atoms with Crippen molar-refractivity contribution < 1.29 is 9.59 Å². The van der Waals surface area contributed by atoms with Gasteiger partial charge in [0, 0.05) is 35.0 Å². The molecule has 5 aromatic rings. The average Bonchev–Trinajstić information content (AvgIpc) is 3.59. The largest absolute Gasteiger partial charge is 0.360 e. The van der Waals surface area contributed by atoms with Crippen molar-refractivity contribution in [3.63, 3.8) is 0 Å². The summed E-state index contributed by atoms with van der Waals surface area (Å²) < 4.78 is 1.03. The van der Waals surface area contributed by atoms with E-state index in [4.69, 9.17) is 0 Å². The number of nitrogens with zero attached hydrogens (tertiary/aromatic N) is 1. The lowest BCUT2D eigenvalue weighted by Gasteiger charge is -2.07. The van der Waals surface area contributed by atoms with Crippen molar-refractivity contribution >= 4 is 49.3 Å². The number of rotatable bonds is 10. The van der Waals surface area contributed by atoms with E-state index in [1.165, 1.54) is 22.5 Å². The molecule has 39 heavy (non-hydrogen) atoms. The minimum Gasteiger partial charge on any atom is -0.360 e. The van der Waals surface area contributed by atoms with E-state index < -0.39 is 0 Å². The number of aryl methyl sites for hydroxylation is 1. The fourth-order valence-corrected chi connectivity index (χ4v) is 5.97. The number of anilines is 1. The van der Waals surface area contributed by atoms with Crippen molar-refractivity contribution in [1.82, 2.24) is 9.97 Å². The van der Waals surface area contributed by atoms with Gasteiger partial charge >= 0.3 is 0 Å². The molecule has 0 radical (unpaired) electrons. The lowest BCUT2D eigenvalue weighted by atomic mass is 9.98. The quantitative estimate of drug-likeness (QED) is 0.139. The number of ketones is 1. The van der Waals surface area contributed by atoms with Gasteiger partial charge < -0.3 is 10.3 Å². The number of nitrogens with one attached hydrogen (secondary N) is 2. The number of aromatic nitrogens is 2. The molecule has 0 bridgehead atoms. The summed E-state index contributed by atoms with van der Waals surface area (Å²) in [6, 6.07) is 21.3. The maximum atomic E-state index is 13.2. The molecular formula is C33H33N3O2S. The number of carbonyl (C=O) groups is 2. The van der Waals surface area contributed by atoms with Crippen LogP contribution >= 0.6 is 11.3 Å². The van der Waals surface area contributed by atoms with Gasteiger partial charge in [-0.15, -0.1) is 0 Å². The van der Waals surface area contributed by atoms with E-state index in [2.05, 4.69) is 77.7 Å². The zero-order chi connectivity index (χ0) is 26.9. The number of aromatic amines is 1. The molecule has 0 unspecified atom stereocenters. The van der Waals surface area contributed by atoms with Crippen LogP contribution in [0.1, 0.15) is 73.4 Å². The Morgan fingerprint density at radius 1 is 1.00 bits per heavy atom. The second-order valence-electron chi connectivity index (χ2n) is 11.0. The Hall–Kier alpha value is -3.77. The minimum atomic E-state index is 0.0738. The zero-order valence-corrected chi connectivity index (χ0v) is 23.2. The Balaban J connectivity index is 1.13. The number of hydrogen-bond acceptors (Lipinski definition) is 4. The first kappa shape index (κ1) is 25.5. The molecule has 3 aromatic carbocycles. The van der Waals surface area contributed by atoms with E-state index in [9.17, 15) is 9.59 Å². The highest BCUT2D eigenvalue weighted by Crippen LogP contribution is 2.35. The van der Waals surface area contributed by atoms with Gasteiger partial charge in [-0.1, -0.05) is 61.6 Å². The Bertz CT molecular complexity index is 1660. The molecule has 1 amide bonds. The Morgan fingerprint density at radius 3 is 2.54 bits per heavy atom. The summed E-state index contributed by atoms with van der Waals surface area (Å²) in [7, 11) is 0. The van der Waals surface area contributed by atoms with E-state index in [1.54, 1.807) is 0 Å². The van der Waals surface area contributed by atoms with Crippen molar-refractivity contribution in [2.24, 2.45) is 5.92 Å². The number of hydrogen-bond donors (Lipinski definition) is 2. The first-order chi connectivity index (χ1) is 18.9. The first-order valence-electron chi connectivity index (χ1n) is 13.9. The number of Topliss-reactive ketones (excluding diaryl/α,β-unsaturated/α-hetero) is 1. The molecule has 6 heteroatoms. The van der Waals surface area contributed by atoms with Crippen molar-refractivity contribution in [3.8, 4) is 11.1 Å². The van der Waals surface area contributed by atoms with Gasteiger partial charge in [0.15, 0.2) is 10.9 Å². The summed E-state index contributed by atoms with van der Waals surface area (Å²) >= 11 is 1.50. The highest BCUT2D eigenvalue weighted by Gasteiger charge is 2.30. The smallest absolute Gasteiger partial charge is 0.229 e. The fourth-order valence-electron chi connectivity index (χ4n) is 5.06. The van der Waals surface area contributed by atoms with Crippen LogP contribution in [0.25, 0.3) is 32.2 Å². The number of fused-ring (bicyclic) bond motifs is 2. The molecule has 6 rings (SSSR count). The second-order valence-corrected chi connectivity index (χ2v) is 12.0. The van der Waals surface area contributed by atoms with Crippen molar-refractivity contribution in [1.29, 1.82) is 0 Å². The van der Waals surface area contributed by atoms with Gasteiger partial charge in [0.25, 0.3) is 0 Å². The molecule has 1 aliphatic carbocycles. The molecular weight excluding hydrogens is 502 g/mol. The van der Waals surface area contributed by atoms with E-state index in [0.717, 1.165) is 69.9 Å². The van der Waals surface area contributed by atoms with Gasteiger partial charge in [-0.05, 0) is 84.5 Å². The molecule has 0 aliphatic heterocycles. The van der Waals surface area contributed by atoms with Crippen LogP contribution in [0, 0.1) is 5.92 Å². The average molecular weight is 536 g/mol. The van der Waals surface area contributed by atoms with Gasteiger partial charge in [-0.25, -0.2) is 4.98 Å². The molecule has 2 heterocycles.